The Labute approximate surface area is 124 Å². The van der Waals surface area contributed by atoms with Crippen molar-refractivity contribution in [3.63, 3.8) is 0 Å². The lowest BCUT2D eigenvalue weighted by atomic mass is 9.99. The number of hydrogen-bond acceptors (Lipinski definition) is 2. The van der Waals surface area contributed by atoms with Gasteiger partial charge in [0.25, 0.3) is 0 Å². The van der Waals surface area contributed by atoms with Crippen molar-refractivity contribution < 1.29 is 4.74 Å². The van der Waals surface area contributed by atoms with Crippen LogP contribution in [-0.2, 0) is 17.8 Å². The predicted molar refractivity (Wildman–Crippen MR) is 82.0 cm³/mol. The van der Waals surface area contributed by atoms with Crippen LogP contribution in [0.5, 0.6) is 0 Å². The highest BCUT2D eigenvalue weighted by molar-refractivity contribution is 6.30. The van der Waals surface area contributed by atoms with Gasteiger partial charge in [-0.15, -0.1) is 0 Å². The molecule has 0 amide bonds. The van der Waals surface area contributed by atoms with E-state index in [1.807, 2.05) is 12.1 Å². The Bertz CT molecular complexity index is 567. The topological polar surface area (TPSA) is 21.3 Å². The lowest BCUT2D eigenvalue weighted by molar-refractivity contribution is 0.0824. The summed E-state index contributed by atoms with van der Waals surface area (Å²) in [7, 11) is 0. The normalized spacial score (nSPS) is 17.8. The van der Waals surface area contributed by atoms with Crippen molar-refractivity contribution in [3.05, 3.63) is 70.2 Å². The van der Waals surface area contributed by atoms with Gasteiger partial charge >= 0.3 is 0 Å². The van der Waals surface area contributed by atoms with Crippen LogP contribution in [0.1, 0.15) is 22.7 Å². The van der Waals surface area contributed by atoms with Crippen LogP contribution in [0.2, 0.25) is 5.02 Å². The maximum atomic E-state index is 5.89. The molecule has 0 radical (unpaired) electrons. The van der Waals surface area contributed by atoms with Gasteiger partial charge in [0.15, 0.2) is 0 Å². The molecule has 1 aliphatic rings. The molecule has 0 aromatic heterocycles. The molecule has 2 aromatic carbocycles. The zero-order valence-corrected chi connectivity index (χ0v) is 12.1. The summed E-state index contributed by atoms with van der Waals surface area (Å²) in [5, 5.41) is 4.37. The summed E-state index contributed by atoms with van der Waals surface area (Å²) in [6.45, 7) is 2.41. The highest BCUT2D eigenvalue weighted by atomic mass is 35.5. The Morgan fingerprint density at radius 1 is 1.10 bits per heavy atom. The second-order valence-corrected chi connectivity index (χ2v) is 5.53. The Morgan fingerprint density at radius 2 is 1.90 bits per heavy atom. The molecule has 20 heavy (non-hydrogen) atoms. The minimum atomic E-state index is 0.298. The summed E-state index contributed by atoms with van der Waals surface area (Å²) in [5.74, 6) is 0. The first-order valence-corrected chi connectivity index (χ1v) is 7.34. The zero-order chi connectivity index (χ0) is 13.8. The number of halogens is 1. The van der Waals surface area contributed by atoms with Crippen molar-refractivity contribution >= 4 is 11.6 Å². The van der Waals surface area contributed by atoms with Crippen molar-refractivity contribution in [1.82, 2.24) is 5.32 Å². The van der Waals surface area contributed by atoms with Gasteiger partial charge in [-0.05, 0) is 41.8 Å². The Kier molecular flexibility index (Phi) is 4.36. The second kappa shape index (κ2) is 6.40. The smallest absolute Gasteiger partial charge is 0.0721 e. The van der Waals surface area contributed by atoms with Crippen LogP contribution in [0.25, 0.3) is 0 Å². The molecule has 0 aliphatic carbocycles. The number of ether oxygens (including phenoxy) is 1. The molecule has 104 valence electrons. The van der Waals surface area contributed by atoms with Gasteiger partial charge in [0.2, 0.25) is 0 Å². The molecule has 2 nitrogen and oxygen atoms in total. The Morgan fingerprint density at radius 3 is 2.75 bits per heavy atom. The van der Waals surface area contributed by atoms with Crippen molar-refractivity contribution in [2.45, 2.75) is 19.1 Å². The van der Waals surface area contributed by atoms with E-state index in [9.17, 15) is 0 Å². The first-order chi connectivity index (χ1) is 9.83. The molecule has 0 bridgehead atoms. The Balaban J connectivity index is 1.58. The SMILES string of the molecule is Clc1ccc(CCNC2COCc3ccccc32)cc1. The third-order valence-corrected chi connectivity index (χ3v) is 3.94. The first kappa shape index (κ1) is 13.6. The van der Waals surface area contributed by atoms with Gasteiger partial charge in [0.1, 0.15) is 0 Å². The van der Waals surface area contributed by atoms with Crippen molar-refractivity contribution in [2.75, 3.05) is 13.2 Å². The summed E-state index contributed by atoms with van der Waals surface area (Å²) in [4.78, 5) is 0. The molecule has 1 unspecified atom stereocenters. The summed E-state index contributed by atoms with van der Waals surface area (Å²) < 4.78 is 5.65. The summed E-state index contributed by atoms with van der Waals surface area (Å²) >= 11 is 5.89. The number of fused-ring (bicyclic) bond motifs is 1. The standard InChI is InChI=1S/C17H18ClNO/c18-15-7-5-13(6-8-15)9-10-19-17-12-20-11-14-3-1-2-4-16(14)17/h1-8,17,19H,9-12H2. The van der Waals surface area contributed by atoms with E-state index in [1.165, 1.54) is 16.7 Å². The van der Waals surface area contributed by atoms with Crippen LogP contribution in [0.3, 0.4) is 0 Å². The molecule has 1 aliphatic heterocycles. The van der Waals surface area contributed by atoms with E-state index >= 15 is 0 Å². The van der Waals surface area contributed by atoms with E-state index in [1.54, 1.807) is 0 Å². The van der Waals surface area contributed by atoms with E-state index in [-0.39, 0.29) is 0 Å². The molecule has 3 rings (SSSR count). The molecular weight excluding hydrogens is 270 g/mol. The third kappa shape index (κ3) is 3.21. The van der Waals surface area contributed by atoms with Gasteiger partial charge in [-0.1, -0.05) is 48.0 Å². The van der Waals surface area contributed by atoms with Gasteiger partial charge in [-0.3, -0.25) is 0 Å². The summed E-state index contributed by atoms with van der Waals surface area (Å²) in [5.41, 5.74) is 3.96. The maximum absolute atomic E-state index is 5.89. The summed E-state index contributed by atoms with van der Waals surface area (Å²) in [6.07, 6.45) is 0.996. The van der Waals surface area contributed by atoms with Crippen LogP contribution >= 0.6 is 11.6 Å². The Hall–Kier alpha value is -1.35. The zero-order valence-electron chi connectivity index (χ0n) is 11.3. The van der Waals surface area contributed by atoms with Gasteiger partial charge in [-0.25, -0.2) is 0 Å². The lowest BCUT2D eigenvalue weighted by Gasteiger charge is -2.26. The lowest BCUT2D eigenvalue weighted by Crippen LogP contribution is -2.31. The van der Waals surface area contributed by atoms with Crippen molar-refractivity contribution in [2.24, 2.45) is 0 Å². The van der Waals surface area contributed by atoms with Crippen LogP contribution in [-0.4, -0.2) is 13.2 Å². The van der Waals surface area contributed by atoms with E-state index in [4.69, 9.17) is 16.3 Å². The average Bonchev–Trinajstić information content (AvgIpc) is 2.49. The number of rotatable bonds is 4. The molecule has 1 heterocycles. The number of nitrogens with one attached hydrogen (secondary N) is 1. The van der Waals surface area contributed by atoms with Crippen LogP contribution < -0.4 is 5.32 Å². The van der Waals surface area contributed by atoms with Gasteiger partial charge in [-0.2, -0.15) is 0 Å². The molecular formula is C17H18ClNO. The van der Waals surface area contributed by atoms with E-state index in [0.29, 0.717) is 6.04 Å². The molecule has 0 spiro atoms. The van der Waals surface area contributed by atoms with Crippen LogP contribution in [0.15, 0.2) is 48.5 Å². The largest absolute Gasteiger partial charge is 0.375 e. The molecule has 2 aromatic rings. The van der Waals surface area contributed by atoms with Gasteiger partial charge < -0.3 is 10.1 Å². The molecule has 0 saturated heterocycles. The molecule has 0 saturated carbocycles. The fraction of sp³-hybridized carbons (Fsp3) is 0.294. The monoisotopic (exact) mass is 287 g/mol. The second-order valence-electron chi connectivity index (χ2n) is 5.10. The van der Waals surface area contributed by atoms with Crippen LogP contribution in [0, 0.1) is 0 Å². The highest BCUT2D eigenvalue weighted by Gasteiger charge is 2.19. The predicted octanol–water partition coefficient (Wildman–Crippen LogP) is 3.74. The van der Waals surface area contributed by atoms with Crippen molar-refractivity contribution in [1.29, 1.82) is 0 Å². The quantitative estimate of drug-likeness (QED) is 0.925. The molecule has 1 N–H and O–H groups in total. The van der Waals surface area contributed by atoms with E-state index < -0.39 is 0 Å². The van der Waals surface area contributed by atoms with Gasteiger partial charge in [0, 0.05) is 5.02 Å². The highest BCUT2D eigenvalue weighted by Crippen LogP contribution is 2.24. The summed E-state index contributed by atoms with van der Waals surface area (Å²) in [6, 6.07) is 16.8. The third-order valence-electron chi connectivity index (χ3n) is 3.69. The minimum absolute atomic E-state index is 0.298. The molecule has 0 fully saturated rings. The fourth-order valence-corrected chi connectivity index (χ4v) is 2.72. The fourth-order valence-electron chi connectivity index (χ4n) is 2.59. The first-order valence-electron chi connectivity index (χ1n) is 6.96. The van der Waals surface area contributed by atoms with Crippen molar-refractivity contribution in [3.8, 4) is 0 Å². The average molecular weight is 288 g/mol. The van der Waals surface area contributed by atoms with E-state index in [2.05, 4.69) is 41.7 Å². The maximum Gasteiger partial charge on any atom is 0.0721 e. The van der Waals surface area contributed by atoms with Crippen LogP contribution in [0.4, 0.5) is 0 Å². The van der Waals surface area contributed by atoms with Gasteiger partial charge in [0.05, 0.1) is 19.3 Å². The molecule has 3 heteroatoms. The van der Waals surface area contributed by atoms with E-state index in [0.717, 1.165) is 31.2 Å². The number of benzene rings is 2. The minimum Gasteiger partial charge on any atom is -0.375 e. The number of hydrogen-bond donors (Lipinski definition) is 1. The molecule has 1 atom stereocenters.